The number of nitrogens with zero attached hydrogens (tertiary/aromatic N) is 1. The van der Waals surface area contributed by atoms with Crippen molar-refractivity contribution in [3.8, 4) is 0 Å². The van der Waals surface area contributed by atoms with E-state index in [1.54, 1.807) is 0 Å². The number of hydrogen-bond acceptors (Lipinski definition) is 2. The molecule has 1 aliphatic rings. The summed E-state index contributed by atoms with van der Waals surface area (Å²) in [6, 6.07) is 10.8. The SMILES string of the molecule is O=C(Nc1ccc(F)cc1)c1cc2cc(F)ccc2c(=O)n1C1CC1. The van der Waals surface area contributed by atoms with Crippen LogP contribution in [0.5, 0.6) is 0 Å². The van der Waals surface area contributed by atoms with E-state index < -0.39 is 17.5 Å². The monoisotopic (exact) mass is 340 g/mol. The standard InChI is InChI=1S/C19H14F2N2O2/c20-12-1-4-14(5-2-12)22-18(24)17-10-11-9-13(21)3-8-16(11)19(25)23(17)15-6-7-15/h1-5,8-10,15H,6-7H2,(H,22,24). The third-order valence-electron chi connectivity index (χ3n) is 4.26. The molecule has 1 N–H and O–H groups in total. The smallest absolute Gasteiger partial charge is 0.272 e. The molecule has 0 aliphatic heterocycles. The predicted molar refractivity (Wildman–Crippen MR) is 90.8 cm³/mol. The summed E-state index contributed by atoms with van der Waals surface area (Å²) in [5, 5.41) is 3.42. The molecule has 0 spiro atoms. The Kier molecular flexibility index (Phi) is 3.60. The zero-order valence-corrected chi connectivity index (χ0v) is 13.1. The van der Waals surface area contributed by atoms with Gasteiger partial charge in [-0.1, -0.05) is 0 Å². The van der Waals surface area contributed by atoms with Crippen LogP contribution in [0.25, 0.3) is 10.8 Å². The number of carbonyl (C=O) groups excluding carboxylic acids is 1. The Hall–Kier alpha value is -3.02. The maximum atomic E-state index is 13.5. The van der Waals surface area contributed by atoms with Crippen LogP contribution in [-0.2, 0) is 0 Å². The Morgan fingerprint density at radius 1 is 1.00 bits per heavy atom. The number of benzene rings is 2. The summed E-state index contributed by atoms with van der Waals surface area (Å²) >= 11 is 0. The molecule has 0 saturated heterocycles. The van der Waals surface area contributed by atoms with Gasteiger partial charge in [-0.2, -0.15) is 0 Å². The molecule has 2 aromatic carbocycles. The van der Waals surface area contributed by atoms with Crippen molar-refractivity contribution in [3.05, 3.63) is 76.2 Å². The van der Waals surface area contributed by atoms with Crippen molar-refractivity contribution in [2.45, 2.75) is 18.9 Å². The number of aromatic nitrogens is 1. The molecule has 4 rings (SSSR count). The fraction of sp³-hybridized carbons (Fsp3) is 0.158. The van der Waals surface area contributed by atoms with E-state index >= 15 is 0 Å². The van der Waals surface area contributed by atoms with Gasteiger partial charge in [0.2, 0.25) is 0 Å². The molecule has 1 fully saturated rings. The number of pyridine rings is 1. The van der Waals surface area contributed by atoms with Crippen LogP contribution in [0.3, 0.4) is 0 Å². The van der Waals surface area contributed by atoms with Crippen molar-refractivity contribution < 1.29 is 13.6 Å². The lowest BCUT2D eigenvalue weighted by Gasteiger charge is -2.14. The molecular formula is C19H14F2N2O2. The summed E-state index contributed by atoms with van der Waals surface area (Å²) in [5.41, 5.74) is 0.291. The molecule has 0 unspecified atom stereocenters. The first-order chi connectivity index (χ1) is 12.0. The Balaban J connectivity index is 1.81. The molecule has 3 aromatic rings. The molecule has 1 amide bonds. The van der Waals surface area contributed by atoms with Crippen LogP contribution in [0.4, 0.5) is 14.5 Å². The summed E-state index contributed by atoms with van der Waals surface area (Å²) in [6.07, 6.45) is 1.65. The number of rotatable bonds is 3. The van der Waals surface area contributed by atoms with Crippen molar-refractivity contribution in [1.29, 1.82) is 0 Å². The quantitative estimate of drug-likeness (QED) is 0.787. The predicted octanol–water partition coefficient (Wildman–Crippen LogP) is 3.87. The number of anilines is 1. The molecular weight excluding hydrogens is 326 g/mol. The van der Waals surface area contributed by atoms with E-state index in [1.165, 1.54) is 53.1 Å². The second-order valence-electron chi connectivity index (χ2n) is 6.13. The van der Waals surface area contributed by atoms with Gasteiger partial charge in [0, 0.05) is 17.1 Å². The van der Waals surface area contributed by atoms with Gasteiger partial charge in [-0.25, -0.2) is 8.78 Å². The molecule has 4 nitrogen and oxygen atoms in total. The minimum atomic E-state index is -0.484. The van der Waals surface area contributed by atoms with E-state index in [9.17, 15) is 18.4 Å². The summed E-state index contributed by atoms with van der Waals surface area (Å²) < 4.78 is 28.0. The molecule has 6 heteroatoms. The van der Waals surface area contributed by atoms with Crippen LogP contribution in [-0.4, -0.2) is 10.5 Å². The van der Waals surface area contributed by atoms with Gasteiger partial charge in [0.15, 0.2) is 0 Å². The van der Waals surface area contributed by atoms with Gasteiger partial charge < -0.3 is 9.88 Å². The first-order valence-electron chi connectivity index (χ1n) is 7.94. The van der Waals surface area contributed by atoms with Crippen LogP contribution in [0.1, 0.15) is 29.4 Å². The maximum Gasteiger partial charge on any atom is 0.272 e. The second kappa shape index (κ2) is 5.81. The minimum Gasteiger partial charge on any atom is -0.321 e. The Bertz CT molecular complexity index is 1040. The van der Waals surface area contributed by atoms with E-state index in [0.29, 0.717) is 16.5 Å². The fourth-order valence-corrected chi connectivity index (χ4v) is 2.90. The number of fused-ring (bicyclic) bond motifs is 1. The average molecular weight is 340 g/mol. The highest BCUT2D eigenvalue weighted by Gasteiger charge is 2.29. The lowest BCUT2D eigenvalue weighted by molar-refractivity contribution is 0.101. The van der Waals surface area contributed by atoms with Gasteiger partial charge in [-0.05, 0) is 66.8 Å². The van der Waals surface area contributed by atoms with Gasteiger partial charge in [0.1, 0.15) is 17.3 Å². The van der Waals surface area contributed by atoms with E-state index in [1.807, 2.05) is 0 Å². The lowest BCUT2D eigenvalue weighted by atomic mass is 10.1. The van der Waals surface area contributed by atoms with Gasteiger partial charge in [-0.15, -0.1) is 0 Å². The number of hydrogen-bond donors (Lipinski definition) is 1. The molecule has 126 valence electrons. The molecule has 25 heavy (non-hydrogen) atoms. The molecule has 0 radical (unpaired) electrons. The topological polar surface area (TPSA) is 51.1 Å². The van der Waals surface area contributed by atoms with Crippen molar-refractivity contribution in [2.75, 3.05) is 5.32 Å². The number of nitrogens with one attached hydrogen (secondary N) is 1. The largest absolute Gasteiger partial charge is 0.321 e. The van der Waals surface area contributed by atoms with Gasteiger partial charge in [-0.3, -0.25) is 9.59 Å². The van der Waals surface area contributed by atoms with Crippen LogP contribution in [0, 0.1) is 11.6 Å². The summed E-state index contributed by atoms with van der Waals surface area (Å²) in [4.78, 5) is 25.4. The normalized spacial score (nSPS) is 13.8. The van der Waals surface area contributed by atoms with Crippen molar-refractivity contribution in [3.63, 3.8) is 0 Å². The first-order valence-corrected chi connectivity index (χ1v) is 7.94. The zero-order chi connectivity index (χ0) is 17.6. The van der Waals surface area contributed by atoms with Crippen LogP contribution in [0.2, 0.25) is 0 Å². The lowest BCUT2D eigenvalue weighted by Crippen LogP contribution is -2.28. The van der Waals surface area contributed by atoms with Crippen LogP contribution >= 0.6 is 0 Å². The third-order valence-corrected chi connectivity index (χ3v) is 4.26. The fourth-order valence-electron chi connectivity index (χ4n) is 2.90. The Morgan fingerprint density at radius 2 is 1.68 bits per heavy atom. The second-order valence-corrected chi connectivity index (χ2v) is 6.13. The van der Waals surface area contributed by atoms with Crippen molar-refractivity contribution in [1.82, 2.24) is 4.57 Å². The van der Waals surface area contributed by atoms with Crippen LogP contribution in [0.15, 0.2) is 53.3 Å². The van der Waals surface area contributed by atoms with Gasteiger partial charge in [0.05, 0.1) is 0 Å². The van der Waals surface area contributed by atoms with Crippen LogP contribution < -0.4 is 10.9 Å². The number of halogens is 2. The number of carbonyl (C=O) groups is 1. The summed E-state index contributed by atoms with van der Waals surface area (Å²) in [6.45, 7) is 0. The van der Waals surface area contributed by atoms with E-state index in [2.05, 4.69) is 5.32 Å². The highest BCUT2D eigenvalue weighted by molar-refractivity contribution is 6.05. The van der Waals surface area contributed by atoms with Crippen molar-refractivity contribution >= 4 is 22.4 Å². The summed E-state index contributed by atoms with van der Waals surface area (Å²) in [5.74, 6) is -1.36. The Morgan fingerprint density at radius 3 is 2.36 bits per heavy atom. The average Bonchev–Trinajstić information content (AvgIpc) is 3.41. The Labute approximate surface area is 141 Å². The molecule has 0 bridgehead atoms. The maximum absolute atomic E-state index is 13.5. The van der Waals surface area contributed by atoms with E-state index in [0.717, 1.165) is 12.8 Å². The number of amides is 1. The van der Waals surface area contributed by atoms with Gasteiger partial charge >= 0.3 is 0 Å². The zero-order valence-electron chi connectivity index (χ0n) is 13.1. The molecule has 1 aliphatic carbocycles. The first kappa shape index (κ1) is 15.5. The molecule has 1 saturated carbocycles. The molecule has 1 heterocycles. The third kappa shape index (κ3) is 2.91. The van der Waals surface area contributed by atoms with Gasteiger partial charge in [0.25, 0.3) is 11.5 Å². The van der Waals surface area contributed by atoms with Crippen molar-refractivity contribution in [2.24, 2.45) is 0 Å². The summed E-state index contributed by atoms with van der Waals surface area (Å²) in [7, 11) is 0. The molecule has 1 aromatic heterocycles. The highest BCUT2D eigenvalue weighted by Crippen LogP contribution is 2.35. The van der Waals surface area contributed by atoms with E-state index in [4.69, 9.17) is 0 Å². The highest BCUT2D eigenvalue weighted by atomic mass is 19.1. The van der Waals surface area contributed by atoms with E-state index in [-0.39, 0.29) is 17.3 Å². The minimum absolute atomic E-state index is 0.0177. The molecule has 0 atom stereocenters.